The number of benzene rings is 1. The third-order valence-corrected chi connectivity index (χ3v) is 2.49. The summed E-state index contributed by atoms with van der Waals surface area (Å²) < 4.78 is 1.82. The summed E-state index contributed by atoms with van der Waals surface area (Å²) in [4.78, 5) is 11.5. The first-order chi connectivity index (χ1) is 8.70. The van der Waals surface area contributed by atoms with Gasteiger partial charge in [0.05, 0.1) is 0 Å². The summed E-state index contributed by atoms with van der Waals surface area (Å²) in [6.45, 7) is 0.342. The molecule has 0 aliphatic carbocycles. The molecule has 0 aliphatic rings. The normalized spacial score (nSPS) is 9.79. The van der Waals surface area contributed by atoms with E-state index in [9.17, 15) is 4.79 Å². The van der Waals surface area contributed by atoms with E-state index in [1.165, 1.54) is 0 Å². The maximum Gasteiger partial charge on any atom is 0.225 e. The highest BCUT2D eigenvalue weighted by molar-refractivity contribution is 5.91. The topological polar surface area (TPSA) is 85.8 Å². The maximum atomic E-state index is 11.5. The Bertz CT molecular complexity index is 555. The highest BCUT2D eigenvalue weighted by atomic mass is 35.5. The lowest BCUT2D eigenvalue weighted by Gasteiger charge is -2.06. The smallest absolute Gasteiger partial charge is 0.225 e. The Hall–Kier alpha value is -1.92. The summed E-state index contributed by atoms with van der Waals surface area (Å²) in [5.74, 6) is 0.664. The second-order valence-electron chi connectivity index (χ2n) is 3.93. The highest BCUT2D eigenvalue weighted by Gasteiger charge is 2.06. The number of rotatable bonds is 4. The predicted octanol–water partition coefficient (Wildman–Crippen LogP) is 1.19. The molecule has 0 spiro atoms. The van der Waals surface area contributed by atoms with Crippen molar-refractivity contribution < 1.29 is 4.79 Å². The number of nitrogens with zero attached hydrogens (tertiary/aromatic N) is 3. The first-order valence-electron chi connectivity index (χ1n) is 5.65. The number of hydrogen-bond donors (Lipinski definition) is 2. The SMILES string of the molecule is Cl.Cn1cnnc1-c1cccc(NC(=O)CCN)c1. The lowest BCUT2D eigenvalue weighted by atomic mass is 10.2. The summed E-state index contributed by atoms with van der Waals surface area (Å²) >= 11 is 0. The second-order valence-corrected chi connectivity index (χ2v) is 3.93. The molecule has 0 radical (unpaired) electrons. The van der Waals surface area contributed by atoms with E-state index in [1.807, 2.05) is 35.9 Å². The van der Waals surface area contributed by atoms with Crippen molar-refractivity contribution in [2.45, 2.75) is 6.42 Å². The Labute approximate surface area is 117 Å². The minimum absolute atomic E-state index is 0. The van der Waals surface area contributed by atoms with Gasteiger partial charge in [0, 0.05) is 31.3 Å². The molecule has 2 aromatic rings. The number of carbonyl (C=O) groups excluding carboxylic acids is 1. The number of aryl methyl sites for hydroxylation is 1. The number of carbonyl (C=O) groups is 1. The molecule has 1 aromatic carbocycles. The van der Waals surface area contributed by atoms with Gasteiger partial charge in [0.15, 0.2) is 5.82 Å². The molecule has 0 atom stereocenters. The molecule has 0 bridgehead atoms. The van der Waals surface area contributed by atoms with Crippen molar-refractivity contribution in [3.8, 4) is 11.4 Å². The van der Waals surface area contributed by atoms with E-state index in [1.54, 1.807) is 6.33 Å². The third-order valence-electron chi connectivity index (χ3n) is 2.49. The Morgan fingerprint density at radius 2 is 2.26 bits per heavy atom. The van der Waals surface area contributed by atoms with Crippen LogP contribution in [0.1, 0.15) is 6.42 Å². The van der Waals surface area contributed by atoms with Gasteiger partial charge in [0.2, 0.25) is 5.91 Å². The Morgan fingerprint density at radius 3 is 2.89 bits per heavy atom. The highest BCUT2D eigenvalue weighted by Crippen LogP contribution is 2.19. The molecular weight excluding hydrogens is 266 g/mol. The van der Waals surface area contributed by atoms with Crippen molar-refractivity contribution in [2.75, 3.05) is 11.9 Å². The summed E-state index contributed by atoms with van der Waals surface area (Å²) in [5, 5.41) is 10.6. The average molecular weight is 282 g/mol. The molecule has 19 heavy (non-hydrogen) atoms. The van der Waals surface area contributed by atoms with Gasteiger partial charge in [0.25, 0.3) is 0 Å². The van der Waals surface area contributed by atoms with Gasteiger partial charge in [-0.05, 0) is 12.1 Å². The van der Waals surface area contributed by atoms with Crippen molar-refractivity contribution in [2.24, 2.45) is 12.8 Å². The lowest BCUT2D eigenvalue weighted by molar-refractivity contribution is -0.116. The van der Waals surface area contributed by atoms with Crippen LogP contribution in [-0.2, 0) is 11.8 Å². The number of halogens is 1. The van der Waals surface area contributed by atoms with Crippen LogP contribution in [0, 0.1) is 0 Å². The molecule has 0 saturated carbocycles. The van der Waals surface area contributed by atoms with Crippen LogP contribution in [0.5, 0.6) is 0 Å². The fourth-order valence-electron chi connectivity index (χ4n) is 1.64. The molecule has 1 aromatic heterocycles. The van der Waals surface area contributed by atoms with Crippen LogP contribution in [0.2, 0.25) is 0 Å². The van der Waals surface area contributed by atoms with Gasteiger partial charge in [-0.3, -0.25) is 4.79 Å². The van der Waals surface area contributed by atoms with E-state index in [-0.39, 0.29) is 18.3 Å². The molecule has 0 unspecified atom stereocenters. The molecule has 6 nitrogen and oxygen atoms in total. The lowest BCUT2D eigenvalue weighted by Crippen LogP contribution is -2.16. The molecular formula is C12H16ClN5O. The molecule has 0 fully saturated rings. The van der Waals surface area contributed by atoms with Crippen LogP contribution in [0.15, 0.2) is 30.6 Å². The molecule has 2 rings (SSSR count). The van der Waals surface area contributed by atoms with Gasteiger partial charge in [-0.15, -0.1) is 22.6 Å². The van der Waals surface area contributed by atoms with Crippen LogP contribution < -0.4 is 11.1 Å². The van der Waals surface area contributed by atoms with E-state index in [2.05, 4.69) is 15.5 Å². The zero-order chi connectivity index (χ0) is 13.0. The van der Waals surface area contributed by atoms with Crippen molar-refractivity contribution in [3.63, 3.8) is 0 Å². The second kappa shape index (κ2) is 6.86. The van der Waals surface area contributed by atoms with E-state index >= 15 is 0 Å². The van der Waals surface area contributed by atoms with Crippen LogP contribution in [0.4, 0.5) is 5.69 Å². The van der Waals surface area contributed by atoms with Crippen molar-refractivity contribution in [1.29, 1.82) is 0 Å². The fourth-order valence-corrected chi connectivity index (χ4v) is 1.64. The van der Waals surface area contributed by atoms with Gasteiger partial charge >= 0.3 is 0 Å². The minimum atomic E-state index is -0.0902. The molecule has 0 aliphatic heterocycles. The number of nitrogens with two attached hydrogens (primary N) is 1. The number of nitrogens with one attached hydrogen (secondary N) is 1. The zero-order valence-corrected chi connectivity index (χ0v) is 11.4. The van der Waals surface area contributed by atoms with Crippen LogP contribution in [0.25, 0.3) is 11.4 Å². The number of aromatic nitrogens is 3. The first-order valence-corrected chi connectivity index (χ1v) is 5.65. The summed E-state index contributed by atoms with van der Waals surface area (Å²) in [6.07, 6.45) is 1.95. The summed E-state index contributed by atoms with van der Waals surface area (Å²) in [7, 11) is 1.87. The Balaban J connectivity index is 0.00000180. The van der Waals surface area contributed by atoms with E-state index < -0.39 is 0 Å². The Kier molecular flexibility index (Phi) is 5.47. The Morgan fingerprint density at radius 1 is 1.47 bits per heavy atom. The monoisotopic (exact) mass is 281 g/mol. The predicted molar refractivity (Wildman–Crippen MR) is 76.0 cm³/mol. The molecule has 1 amide bonds. The number of hydrogen-bond acceptors (Lipinski definition) is 4. The van der Waals surface area contributed by atoms with Crippen LogP contribution >= 0.6 is 12.4 Å². The fraction of sp³-hybridized carbons (Fsp3) is 0.250. The van der Waals surface area contributed by atoms with Crippen LogP contribution in [-0.4, -0.2) is 27.2 Å². The maximum absolute atomic E-state index is 11.5. The molecule has 102 valence electrons. The molecule has 1 heterocycles. The minimum Gasteiger partial charge on any atom is -0.330 e. The number of anilines is 1. The summed E-state index contributed by atoms with van der Waals surface area (Å²) in [6, 6.07) is 7.47. The average Bonchev–Trinajstić information content (AvgIpc) is 2.76. The van der Waals surface area contributed by atoms with Gasteiger partial charge in [-0.1, -0.05) is 12.1 Å². The number of amides is 1. The molecule has 7 heteroatoms. The third kappa shape index (κ3) is 3.77. The van der Waals surface area contributed by atoms with Crippen molar-refractivity contribution in [1.82, 2.24) is 14.8 Å². The van der Waals surface area contributed by atoms with Gasteiger partial charge in [0.1, 0.15) is 6.33 Å². The van der Waals surface area contributed by atoms with Crippen molar-refractivity contribution in [3.05, 3.63) is 30.6 Å². The van der Waals surface area contributed by atoms with Gasteiger partial charge in [-0.25, -0.2) is 0 Å². The largest absolute Gasteiger partial charge is 0.330 e. The van der Waals surface area contributed by atoms with Crippen molar-refractivity contribution >= 4 is 24.0 Å². The molecule has 3 N–H and O–H groups in total. The zero-order valence-electron chi connectivity index (χ0n) is 10.5. The van der Waals surface area contributed by atoms with Gasteiger partial charge < -0.3 is 15.6 Å². The quantitative estimate of drug-likeness (QED) is 0.881. The molecule has 0 saturated heterocycles. The summed E-state index contributed by atoms with van der Waals surface area (Å²) in [5.41, 5.74) is 6.96. The van der Waals surface area contributed by atoms with Crippen LogP contribution in [0.3, 0.4) is 0 Å². The first kappa shape index (κ1) is 15.1. The van der Waals surface area contributed by atoms with E-state index in [4.69, 9.17) is 5.73 Å². The van der Waals surface area contributed by atoms with E-state index in [0.717, 1.165) is 17.1 Å². The van der Waals surface area contributed by atoms with Gasteiger partial charge in [-0.2, -0.15) is 0 Å². The standard InChI is InChI=1S/C12H15N5O.ClH/c1-17-8-14-16-12(17)9-3-2-4-10(7-9)15-11(18)5-6-13;/h2-4,7-8H,5-6,13H2,1H3,(H,15,18);1H. The van der Waals surface area contributed by atoms with E-state index in [0.29, 0.717) is 13.0 Å².